The SMILES string of the molecule is CCN(CC(=O)Nc1cccc(OC)c1)C(=O)c1ccn(C2CCCNC2)n1.Cl. The zero-order valence-corrected chi connectivity index (χ0v) is 17.6. The fourth-order valence-electron chi connectivity index (χ4n) is 3.28. The molecule has 2 heterocycles. The molecule has 29 heavy (non-hydrogen) atoms. The molecule has 3 rings (SSSR count). The minimum absolute atomic E-state index is 0. The lowest BCUT2D eigenvalue weighted by molar-refractivity contribution is -0.116. The van der Waals surface area contributed by atoms with Gasteiger partial charge in [-0.3, -0.25) is 14.3 Å². The van der Waals surface area contributed by atoms with Crippen LogP contribution in [0.3, 0.4) is 0 Å². The van der Waals surface area contributed by atoms with Crippen molar-refractivity contribution in [1.29, 1.82) is 0 Å². The molecule has 1 unspecified atom stereocenters. The van der Waals surface area contributed by atoms with Gasteiger partial charge in [0, 0.05) is 31.0 Å². The van der Waals surface area contributed by atoms with E-state index in [1.54, 1.807) is 37.4 Å². The van der Waals surface area contributed by atoms with E-state index in [0.29, 0.717) is 23.7 Å². The van der Waals surface area contributed by atoms with E-state index in [2.05, 4.69) is 15.7 Å². The Morgan fingerprint density at radius 2 is 2.21 bits per heavy atom. The van der Waals surface area contributed by atoms with Crippen LogP contribution in [0.4, 0.5) is 5.69 Å². The zero-order valence-electron chi connectivity index (χ0n) is 16.8. The number of piperidine rings is 1. The van der Waals surface area contributed by atoms with E-state index >= 15 is 0 Å². The van der Waals surface area contributed by atoms with Crippen molar-refractivity contribution in [3.05, 3.63) is 42.2 Å². The molecule has 2 amide bonds. The summed E-state index contributed by atoms with van der Waals surface area (Å²) < 4.78 is 7.01. The summed E-state index contributed by atoms with van der Waals surface area (Å²) in [4.78, 5) is 26.7. The Hall–Kier alpha value is -2.58. The zero-order chi connectivity index (χ0) is 19.9. The summed E-state index contributed by atoms with van der Waals surface area (Å²) in [5.74, 6) is 0.147. The van der Waals surface area contributed by atoms with Crippen LogP contribution in [-0.4, -0.2) is 59.8 Å². The number of hydrogen-bond donors (Lipinski definition) is 2. The molecule has 158 valence electrons. The third-order valence-electron chi connectivity index (χ3n) is 4.83. The lowest BCUT2D eigenvalue weighted by Crippen LogP contribution is -2.38. The summed E-state index contributed by atoms with van der Waals surface area (Å²) in [5, 5.41) is 10.6. The summed E-state index contributed by atoms with van der Waals surface area (Å²) in [6.45, 7) is 4.11. The van der Waals surface area contributed by atoms with Crippen LogP contribution in [0.2, 0.25) is 0 Å². The van der Waals surface area contributed by atoms with Crippen molar-refractivity contribution in [1.82, 2.24) is 20.0 Å². The number of amides is 2. The Kier molecular flexibility index (Phi) is 8.48. The second-order valence-corrected chi connectivity index (χ2v) is 6.78. The summed E-state index contributed by atoms with van der Waals surface area (Å²) >= 11 is 0. The number of methoxy groups -OCH3 is 1. The van der Waals surface area contributed by atoms with Gasteiger partial charge in [-0.25, -0.2) is 0 Å². The Balaban J connectivity index is 0.00000300. The van der Waals surface area contributed by atoms with Crippen molar-refractivity contribution in [2.24, 2.45) is 0 Å². The van der Waals surface area contributed by atoms with Crippen LogP contribution in [0.1, 0.15) is 36.3 Å². The first kappa shape index (κ1) is 22.7. The fourth-order valence-corrected chi connectivity index (χ4v) is 3.28. The van der Waals surface area contributed by atoms with Gasteiger partial charge < -0.3 is 20.3 Å². The topological polar surface area (TPSA) is 88.5 Å². The quantitative estimate of drug-likeness (QED) is 0.716. The van der Waals surface area contributed by atoms with Gasteiger partial charge >= 0.3 is 0 Å². The standard InChI is InChI=1S/C20H27N5O3.ClH/c1-3-24(14-19(26)22-15-6-4-8-17(12-15)28-2)20(27)18-9-11-25(23-18)16-7-5-10-21-13-16;/h4,6,8-9,11-12,16,21H,3,5,7,10,13-14H2,1-2H3,(H,22,26);1H. The van der Waals surface area contributed by atoms with Crippen molar-refractivity contribution >= 4 is 29.9 Å². The first-order chi connectivity index (χ1) is 13.6. The molecule has 1 aromatic heterocycles. The Labute approximate surface area is 177 Å². The van der Waals surface area contributed by atoms with Gasteiger partial charge in [-0.05, 0) is 44.5 Å². The molecule has 1 aliphatic heterocycles. The molecular formula is C20H28ClN5O3. The molecule has 1 saturated heterocycles. The number of hydrogen-bond acceptors (Lipinski definition) is 5. The van der Waals surface area contributed by atoms with E-state index in [-0.39, 0.29) is 36.8 Å². The number of rotatable bonds is 7. The van der Waals surface area contributed by atoms with Gasteiger partial charge in [0.1, 0.15) is 18.0 Å². The molecule has 9 heteroatoms. The average molecular weight is 422 g/mol. The number of anilines is 1. The van der Waals surface area contributed by atoms with Gasteiger partial charge in [-0.2, -0.15) is 5.10 Å². The fraction of sp³-hybridized carbons (Fsp3) is 0.450. The number of likely N-dealkylation sites (N-methyl/N-ethyl adjacent to an activating group) is 1. The highest BCUT2D eigenvalue weighted by molar-refractivity contribution is 5.98. The Morgan fingerprint density at radius 1 is 1.38 bits per heavy atom. The molecule has 0 bridgehead atoms. The molecule has 8 nitrogen and oxygen atoms in total. The number of nitrogens with one attached hydrogen (secondary N) is 2. The van der Waals surface area contributed by atoms with Gasteiger partial charge in [0.25, 0.3) is 5.91 Å². The average Bonchev–Trinajstić information content (AvgIpc) is 3.22. The van der Waals surface area contributed by atoms with E-state index in [1.807, 2.05) is 17.8 Å². The molecule has 1 aliphatic rings. The maximum Gasteiger partial charge on any atom is 0.274 e. The minimum atomic E-state index is -0.264. The van der Waals surface area contributed by atoms with Crippen LogP contribution >= 0.6 is 12.4 Å². The molecule has 0 radical (unpaired) electrons. The van der Waals surface area contributed by atoms with Crippen molar-refractivity contribution in [3.63, 3.8) is 0 Å². The van der Waals surface area contributed by atoms with Crippen LogP contribution in [0.15, 0.2) is 36.5 Å². The third kappa shape index (κ3) is 5.95. The number of carbonyl (C=O) groups excluding carboxylic acids is 2. The summed E-state index contributed by atoms with van der Waals surface area (Å²) in [6, 6.07) is 9.09. The predicted molar refractivity (Wildman–Crippen MR) is 114 cm³/mol. The van der Waals surface area contributed by atoms with E-state index < -0.39 is 0 Å². The molecule has 2 N–H and O–H groups in total. The molecule has 1 atom stereocenters. The van der Waals surface area contributed by atoms with E-state index in [9.17, 15) is 9.59 Å². The second-order valence-electron chi connectivity index (χ2n) is 6.78. The smallest absolute Gasteiger partial charge is 0.274 e. The lowest BCUT2D eigenvalue weighted by atomic mass is 10.1. The molecule has 2 aromatic rings. The Bertz CT molecular complexity index is 820. The number of benzene rings is 1. The summed E-state index contributed by atoms with van der Waals surface area (Å²) in [7, 11) is 1.57. The maximum atomic E-state index is 12.8. The van der Waals surface area contributed by atoms with Crippen LogP contribution < -0.4 is 15.4 Å². The van der Waals surface area contributed by atoms with Gasteiger partial charge in [-0.1, -0.05) is 6.07 Å². The van der Waals surface area contributed by atoms with Crippen molar-refractivity contribution in [2.75, 3.05) is 38.6 Å². The lowest BCUT2D eigenvalue weighted by Gasteiger charge is -2.23. The predicted octanol–water partition coefficient (Wildman–Crippen LogP) is 2.34. The van der Waals surface area contributed by atoms with Crippen molar-refractivity contribution in [3.8, 4) is 5.75 Å². The molecule has 0 saturated carbocycles. The summed E-state index contributed by atoms with van der Waals surface area (Å²) in [5.41, 5.74) is 0.989. The second kappa shape index (κ2) is 10.8. The van der Waals surface area contributed by atoms with Crippen LogP contribution in [0.25, 0.3) is 0 Å². The monoisotopic (exact) mass is 421 g/mol. The van der Waals surface area contributed by atoms with Crippen molar-refractivity contribution in [2.45, 2.75) is 25.8 Å². The van der Waals surface area contributed by atoms with Crippen molar-refractivity contribution < 1.29 is 14.3 Å². The van der Waals surface area contributed by atoms with Crippen LogP contribution in [-0.2, 0) is 4.79 Å². The highest BCUT2D eigenvalue weighted by Gasteiger charge is 2.22. The van der Waals surface area contributed by atoms with E-state index in [1.165, 1.54) is 4.90 Å². The van der Waals surface area contributed by atoms with E-state index in [0.717, 1.165) is 25.9 Å². The number of halogens is 1. The van der Waals surface area contributed by atoms with Crippen LogP contribution in [0, 0.1) is 0 Å². The minimum Gasteiger partial charge on any atom is -0.497 e. The number of carbonyl (C=O) groups is 2. The molecular weight excluding hydrogens is 394 g/mol. The normalized spacial score (nSPS) is 15.9. The molecule has 0 aliphatic carbocycles. The molecule has 1 fully saturated rings. The maximum absolute atomic E-state index is 12.8. The van der Waals surface area contributed by atoms with E-state index in [4.69, 9.17) is 4.74 Å². The largest absolute Gasteiger partial charge is 0.497 e. The van der Waals surface area contributed by atoms with Crippen LogP contribution in [0.5, 0.6) is 5.75 Å². The number of ether oxygens (including phenoxy) is 1. The van der Waals surface area contributed by atoms with Gasteiger partial charge in [0.05, 0.1) is 13.2 Å². The van der Waals surface area contributed by atoms with Gasteiger partial charge in [0.15, 0.2) is 0 Å². The number of nitrogens with zero attached hydrogens (tertiary/aromatic N) is 3. The first-order valence-electron chi connectivity index (χ1n) is 9.59. The van der Waals surface area contributed by atoms with Gasteiger partial charge in [0.2, 0.25) is 5.91 Å². The first-order valence-corrected chi connectivity index (χ1v) is 9.59. The third-order valence-corrected chi connectivity index (χ3v) is 4.83. The molecule has 1 aromatic carbocycles. The highest BCUT2D eigenvalue weighted by Crippen LogP contribution is 2.18. The highest BCUT2D eigenvalue weighted by atomic mass is 35.5. The molecule has 0 spiro atoms. The number of aromatic nitrogens is 2. The Morgan fingerprint density at radius 3 is 2.90 bits per heavy atom. The van der Waals surface area contributed by atoms with Gasteiger partial charge in [-0.15, -0.1) is 12.4 Å². The summed E-state index contributed by atoms with van der Waals surface area (Å²) in [6.07, 6.45) is 3.98.